The number of benzene rings is 1. The molecule has 0 amide bonds. The number of nitrogens with two attached hydrogens (primary N) is 1. The van der Waals surface area contributed by atoms with Crippen molar-refractivity contribution < 1.29 is 8.78 Å². The number of hydrogen-bond acceptors (Lipinski definition) is 5. The number of aryl methyl sites for hydroxylation is 1. The molecule has 7 heteroatoms. The van der Waals surface area contributed by atoms with Gasteiger partial charge in [0.1, 0.15) is 12.5 Å². The largest absolute Gasteiger partial charge is 0.368 e. The van der Waals surface area contributed by atoms with E-state index in [-0.39, 0.29) is 29.6 Å². The first-order chi connectivity index (χ1) is 9.65. The zero-order valence-electron chi connectivity index (χ0n) is 10.6. The van der Waals surface area contributed by atoms with Gasteiger partial charge in [-0.15, -0.1) is 0 Å². The Morgan fingerprint density at radius 2 is 2.15 bits per heavy atom. The van der Waals surface area contributed by atoms with Crippen LogP contribution >= 0.6 is 0 Å². The number of rotatable bonds is 3. The van der Waals surface area contributed by atoms with Gasteiger partial charge >= 0.3 is 0 Å². The molecule has 1 heterocycles. The molecule has 1 aromatic carbocycles. The number of hydrogen-bond donors (Lipinski definition) is 2. The fourth-order valence-corrected chi connectivity index (χ4v) is 2.44. The molecule has 3 rings (SSSR count). The highest BCUT2D eigenvalue weighted by molar-refractivity contribution is 5.42. The second-order valence-corrected chi connectivity index (χ2v) is 4.65. The predicted octanol–water partition coefficient (Wildman–Crippen LogP) is 2.16. The number of nitrogens with one attached hydrogen (secondary N) is 1. The van der Waals surface area contributed by atoms with Crippen LogP contribution in [0, 0.1) is 5.82 Å². The Kier molecular flexibility index (Phi) is 3.17. The molecule has 0 fully saturated rings. The lowest BCUT2D eigenvalue weighted by Crippen LogP contribution is -2.13. The summed E-state index contributed by atoms with van der Waals surface area (Å²) in [7, 11) is 0. The lowest BCUT2D eigenvalue weighted by atomic mass is 10.1. The van der Waals surface area contributed by atoms with Gasteiger partial charge in [0.05, 0.1) is 6.04 Å². The van der Waals surface area contributed by atoms with Crippen molar-refractivity contribution in [3.8, 4) is 0 Å². The number of nitrogens with zero attached hydrogens (tertiary/aromatic N) is 3. The molecule has 1 aliphatic carbocycles. The lowest BCUT2D eigenvalue weighted by molar-refractivity contribution is 0.464. The molecule has 0 radical (unpaired) electrons. The van der Waals surface area contributed by atoms with Crippen LogP contribution in [-0.4, -0.2) is 15.0 Å². The fourth-order valence-electron chi connectivity index (χ4n) is 2.44. The quantitative estimate of drug-likeness (QED) is 0.899. The minimum atomic E-state index is -0.808. The lowest BCUT2D eigenvalue weighted by Gasteiger charge is -2.14. The summed E-state index contributed by atoms with van der Waals surface area (Å²) in [6.07, 6.45) is 1.65. The van der Waals surface area contributed by atoms with Crippen molar-refractivity contribution in [1.29, 1.82) is 0 Å². The maximum atomic E-state index is 13.3. The fraction of sp³-hybridized carbons (Fsp3) is 0.308. The summed E-state index contributed by atoms with van der Waals surface area (Å²) in [6, 6.07) is 4.63. The van der Waals surface area contributed by atoms with Crippen molar-refractivity contribution in [3.63, 3.8) is 0 Å². The summed E-state index contributed by atoms with van der Waals surface area (Å²) in [5.74, 6) is -0.116. The van der Waals surface area contributed by atoms with Gasteiger partial charge in [0.15, 0.2) is 5.82 Å². The Labute approximate surface area is 114 Å². The molecule has 0 spiro atoms. The molecule has 1 atom stereocenters. The number of halogens is 2. The van der Waals surface area contributed by atoms with Crippen LogP contribution in [-0.2, 0) is 13.1 Å². The van der Waals surface area contributed by atoms with Gasteiger partial charge in [-0.25, -0.2) is 8.78 Å². The third-order valence-corrected chi connectivity index (χ3v) is 3.31. The molecule has 0 saturated carbocycles. The van der Waals surface area contributed by atoms with E-state index in [9.17, 15) is 8.78 Å². The number of fused-ring (bicyclic) bond motifs is 1. The highest BCUT2D eigenvalue weighted by atomic mass is 19.1. The van der Waals surface area contributed by atoms with Gasteiger partial charge < -0.3 is 11.1 Å². The number of anilines is 2. The minimum absolute atomic E-state index is 0.0162. The summed E-state index contributed by atoms with van der Waals surface area (Å²) in [4.78, 5) is 11.5. The van der Waals surface area contributed by atoms with E-state index in [0.29, 0.717) is 0 Å². The first kappa shape index (κ1) is 12.7. The van der Waals surface area contributed by atoms with Gasteiger partial charge in [0, 0.05) is 0 Å². The van der Waals surface area contributed by atoms with E-state index in [0.717, 1.165) is 24.0 Å². The first-order valence-corrected chi connectivity index (χ1v) is 6.27. The van der Waals surface area contributed by atoms with Gasteiger partial charge in [-0.3, -0.25) is 0 Å². The van der Waals surface area contributed by atoms with E-state index in [1.165, 1.54) is 12.1 Å². The van der Waals surface area contributed by atoms with Gasteiger partial charge in [-0.05, 0) is 36.1 Å². The molecular weight excluding hydrogens is 264 g/mol. The third-order valence-electron chi connectivity index (χ3n) is 3.31. The van der Waals surface area contributed by atoms with Crippen LogP contribution in [0.4, 0.5) is 20.7 Å². The smallest absolute Gasteiger partial charge is 0.228 e. The second kappa shape index (κ2) is 4.99. The van der Waals surface area contributed by atoms with Crippen molar-refractivity contribution >= 4 is 11.9 Å². The number of aromatic nitrogens is 3. The normalized spacial score (nSPS) is 17.0. The average Bonchev–Trinajstić information content (AvgIpc) is 2.80. The van der Waals surface area contributed by atoms with E-state index in [2.05, 4.69) is 20.3 Å². The summed E-state index contributed by atoms with van der Waals surface area (Å²) < 4.78 is 25.9. The van der Waals surface area contributed by atoms with E-state index in [1.807, 2.05) is 0 Å². The highest BCUT2D eigenvalue weighted by Gasteiger charge is 2.23. The van der Waals surface area contributed by atoms with Crippen molar-refractivity contribution in [2.75, 3.05) is 11.1 Å². The Hall–Kier alpha value is -2.31. The molecule has 1 aliphatic rings. The number of alkyl halides is 1. The van der Waals surface area contributed by atoms with Crippen molar-refractivity contribution in [1.82, 2.24) is 15.0 Å². The molecule has 0 saturated heterocycles. The molecule has 104 valence electrons. The molecule has 5 nitrogen and oxygen atoms in total. The molecule has 0 bridgehead atoms. The van der Waals surface area contributed by atoms with Crippen molar-refractivity contribution in [2.24, 2.45) is 0 Å². The van der Waals surface area contributed by atoms with Crippen LogP contribution in [0.2, 0.25) is 0 Å². The maximum Gasteiger partial charge on any atom is 0.228 e. The summed E-state index contributed by atoms with van der Waals surface area (Å²) in [5, 5.41) is 3.06. The van der Waals surface area contributed by atoms with Gasteiger partial charge in [0.25, 0.3) is 0 Å². The molecule has 0 aliphatic heterocycles. The number of nitrogen functional groups attached to an aromatic ring is 1. The third kappa shape index (κ3) is 2.38. The van der Waals surface area contributed by atoms with Gasteiger partial charge in [-0.1, -0.05) is 6.07 Å². The molecule has 3 N–H and O–H groups in total. The second-order valence-electron chi connectivity index (χ2n) is 4.65. The molecule has 1 aromatic heterocycles. The Morgan fingerprint density at radius 3 is 2.95 bits per heavy atom. The molecule has 1 unspecified atom stereocenters. The van der Waals surface area contributed by atoms with Gasteiger partial charge in [-0.2, -0.15) is 15.0 Å². The van der Waals surface area contributed by atoms with E-state index in [1.54, 1.807) is 6.07 Å². The van der Waals surface area contributed by atoms with E-state index < -0.39 is 6.67 Å². The SMILES string of the molecule is Nc1nc(CF)nc(NC2CCc3ccc(F)cc32)n1. The maximum absolute atomic E-state index is 13.3. The van der Waals surface area contributed by atoms with Crippen molar-refractivity contribution in [3.05, 3.63) is 41.0 Å². The van der Waals surface area contributed by atoms with Crippen LogP contribution in [0.15, 0.2) is 18.2 Å². The molecule has 20 heavy (non-hydrogen) atoms. The monoisotopic (exact) mass is 277 g/mol. The highest BCUT2D eigenvalue weighted by Crippen LogP contribution is 2.33. The Balaban J connectivity index is 1.87. The van der Waals surface area contributed by atoms with Crippen LogP contribution in [0.25, 0.3) is 0 Å². The Morgan fingerprint density at radius 1 is 1.30 bits per heavy atom. The first-order valence-electron chi connectivity index (χ1n) is 6.27. The zero-order valence-corrected chi connectivity index (χ0v) is 10.6. The van der Waals surface area contributed by atoms with Crippen LogP contribution in [0.1, 0.15) is 29.4 Å². The van der Waals surface area contributed by atoms with Crippen LogP contribution in [0.5, 0.6) is 0 Å². The standard InChI is InChI=1S/C13H13F2N5/c14-6-11-18-12(16)20-13(19-11)17-10-4-2-7-1-3-8(15)5-9(7)10/h1,3,5,10H,2,4,6H2,(H3,16,17,18,19,20). The van der Waals surface area contributed by atoms with E-state index >= 15 is 0 Å². The minimum Gasteiger partial charge on any atom is -0.368 e. The predicted molar refractivity (Wildman–Crippen MR) is 70.1 cm³/mol. The zero-order chi connectivity index (χ0) is 14.1. The van der Waals surface area contributed by atoms with Gasteiger partial charge in [0.2, 0.25) is 11.9 Å². The molecular formula is C13H13F2N5. The van der Waals surface area contributed by atoms with E-state index in [4.69, 9.17) is 5.73 Å². The summed E-state index contributed by atoms with van der Waals surface area (Å²) in [6.45, 7) is -0.808. The topological polar surface area (TPSA) is 76.7 Å². The van der Waals surface area contributed by atoms with Crippen LogP contribution in [0.3, 0.4) is 0 Å². The average molecular weight is 277 g/mol. The Bertz CT molecular complexity index is 647. The molecule has 2 aromatic rings. The van der Waals surface area contributed by atoms with Crippen LogP contribution < -0.4 is 11.1 Å². The summed E-state index contributed by atoms with van der Waals surface area (Å²) >= 11 is 0. The van der Waals surface area contributed by atoms with Crippen molar-refractivity contribution in [2.45, 2.75) is 25.6 Å². The summed E-state index contributed by atoms with van der Waals surface area (Å²) in [5.41, 5.74) is 7.47.